The molecule has 0 bridgehead atoms. The van der Waals surface area contributed by atoms with Crippen LogP contribution in [0.1, 0.15) is 0 Å². The summed E-state index contributed by atoms with van der Waals surface area (Å²) >= 11 is 0.267. The van der Waals surface area contributed by atoms with Gasteiger partial charge in [0.1, 0.15) is 0 Å². The maximum absolute atomic E-state index is 2.42. The van der Waals surface area contributed by atoms with Crippen LogP contribution in [0.3, 0.4) is 0 Å². The number of anilines is 3. The van der Waals surface area contributed by atoms with Gasteiger partial charge >= 0.3 is 217 Å². The van der Waals surface area contributed by atoms with Crippen molar-refractivity contribution in [1.29, 1.82) is 0 Å². The molecule has 0 saturated heterocycles. The second-order valence-electron chi connectivity index (χ2n) is 9.00. The van der Waals surface area contributed by atoms with Gasteiger partial charge in [-0.2, -0.15) is 0 Å². The summed E-state index contributed by atoms with van der Waals surface area (Å²) < 4.78 is 2.95. The number of fused-ring (bicyclic) bond motifs is 5. The van der Waals surface area contributed by atoms with E-state index in [1.165, 1.54) is 52.6 Å². The van der Waals surface area contributed by atoms with Gasteiger partial charge in [0.2, 0.25) is 0 Å². The molecule has 0 N–H and O–H groups in total. The number of nitrogens with zero attached hydrogens (tertiary/aromatic N) is 1. The molecule has 0 radical (unpaired) electrons. The van der Waals surface area contributed by atoms with E-state index in [4.69, 9.17) is 0 Å². The molecule has 6 aromatic carbocycles. The number of hydrogen-bond acceptors (Lipinski definition) is 1. The van der Waals surface area contributed by atoms with Crippen molar-refractivity contribution < 1.29 is 0 Å². The van der Waals surface area contributed by atoms with Crippen molar-refractivity contribution in [2.45, 2.75) is 0 Å². The maximum atomic E-state index is 2.42. The van der Waals surface area contributed by atoms with Crippen LogP contribution in [0, 0.1) is 0 Å². The molecular weight excluding hydrogens is 501 g/mol. The molecule has 0 fully saturated rings. The Labute approximate surface area is 216 Å². The van der Waals surface area contributed by atoms with Gasteiger partial charge < -0.3 is 0 Å². The van der Waals surface area contributed by atoms with Crippen molar-refractivity contribution in [2.24, 2.45) is 0 Å². The van der Waals surface area contributed by atoms with Crippen molar-refractivity contribution >= 4 is 61.6 Å². The first-order valence-electron chi connectivity index (χ1n) is 12.2. The summed E-state index contributed by atoms with van der Waals surface area (Å²) in [5, 5.41) is 5.49. The van der Waals surface area contributed by atoms with Crippen LogP contribution in [0.2, 0.25) is 0 Å². The molecule has 0 atom stereocenters. The van der Waals surface area contributed by atoms with Crippen molar-refractivity contribution in [3.05, 3.63) is 140 Å². The number of rotatable bonds is 4. The van der Waals surface area contributed by atoms with Gasteiger partial charge in [0.05, 0.1) is 0 Å². The second kappa shape index (κ2) is 8.84. The van der Waals surface area contributed by atoms with Crippen LogP contribution < -0.4 is 4.90 Å². The number of benzene rings is 6. The molecule has 0 aliphatic heterocycles. The fourth-order valence-corrected chi connectivity index (χ4v) is 7.83. The van der Waals surface area contributed by atoms with Crippen LogP contribution in [-0.4, -0.2) is 14.5 Å². The van der Waals surface area contributed by atoms with Crippen LogP contribution in [0.25, 0.3) is 41.2 Å². The predicted octanol–water partition coefficient (Wildman–Crippen LogP) is 9.34. The Bertz CT molecular complexity index is 1830. The quantitative estimate of drug-likeness (QED) is 0.207. The first-order valence-corrected chi connectivity index (χ1v) is 13.9. The summed E-state index contributed by atoms with van der Waals surface area (Å²) in [6.07, 6.45) is 0. The van der Waals surface area contributed by atoms with Crippen molar-refractivity contribution in [3.63, 3.8) is 0 Å². The fourth-order valence-electron chi connectivity index (χ4n) is 5.17. The summed E-state index contributed by atoms with van der Waals surface area (Å²) in [5.41, 5.74) is 5.99. The normalized spacial score (nSPS) is 11.3. The summed E-state index contributed by atoms with van der Waals surface area (Å²) in [6.45, 7) is 0. The minimum atomic E-state index is 0.267. The predicted molar refractivity (Wildman–Crippen MR) is 156 cm³/mol. The number of para-hydroxylation sites is 2. The van der Waals surface area contributed by atoms with Crippen LogP contribution in [0.15, 0.2) is 140 Å². The van der Waals surface area contributed by atoms with E-state index >= 15 is 0 Å². The van der Waals surface area contributed by atoms with Crippen molar-refractivity contribution in [1.82, 2.24) is 0 Å². The van der Waals surface area contributed by atoms with Crippen molar-refractivity contribution in [3.8, 4) is 11.1 Å². The van der Waals surface area contributed by atoms with Crippen LogP contribution >= 0.6 is 0 Å². The molecule has 1 aromatic heterocycles. The first-order chi connectivity index (χ1) is 17.9. The zero-order chi connectivity index (χ0) is 23.9. The Kier molecular flexibility index (Phi) is 5.21. The Morgan fingerprint density at radius 2 is 1.17 bits per heavy atom. The van der Waals surface area contributed by atoms with Gasteiger partial charge in [-0.25, -0.2) is 0 Å². The third-order valence-electron chi connectivity index (χ3n) is 6.85. The monoisotopic (exact) mass is 525 g/mol. The van der Waals surface area contributed by atoms with E-state index in [0.29, 0.717) is 0 Å². The molecule has 1 heterocycles. The van der Waals surface area contributed by atoms with Crippen LogP contribution in [0.5, 0.6) is 0 Å². The average Bonchev–Trinajstić information content (AvgIpc) is 3.33. The molecule has 2 heteroatoms. The molecule has 36 heavy (non-hydrogen) atoms. The van der Waals surface area contributed by atoms with Gasteiger partial charge in [-0.3, -0.25) is 0 Å². The molecule has 0 unspecified atom stereocenters. The summed E-state index contributed by atoms with van der Waals surface area (Å²) in [7, 11) is 0. The van der Waals surface area contributed by atoms with E-state index in [-0.39, 0.29) is 14.5 Å². The van der Waals surface area contributed by atoms with E-state index in [1.807, 2.05) is 0 Å². The fraction of sp³-hybridized carbons (Fsp3) is 0. The second-order valence-corrected chi connectivity index (χ2v) is 11.2. The van der Waals surface area contributed by atoms with Gasteiger partial charge in [0.25, 0.3) is 0 Å². The van der Waals surface area contributed by atoms with E-state index in [2.05, 4.69) is 144 Å². The molecule has 7 aromatic rings. The molecule has 0 amide bonds. The van der Waals surface area contributed by atoms with E-state index < -0.39 is 0 Å². The molecule has 1 nitrogen and oxygen atoms in total. The SMILES string of the molecule is c1ccc(-c2ccccc2N(c2ccccc2)c2ccc3c(c2)[se]c2c4ccccc4ccc32)cc1. The topological polar surface area (TPSA) is 3.24 Å². The third-order valence-corrected chi connectivity index (χ3v) is 9.37. The first kappa shape index (κ1) is 21.2. The van der Waals surface area contributed by atoms with Gasteiger partial charge in [0.15, 0.2) is 0 Å². The molecular formula is C34H23NSe. The average molecular weight is 525 g/mol. The zero-order valence-electron chi connectivity index (χ0n) is 19.6. The molecule has 0 aliphatic rings. The van der Waals surface area contributed by atoms with E-state index in [1.54, 1.807) is 0 Å². The Morgan fingerprint density at radius 3 is 2.03 bits per heavy atom. The van der Waals surface area contributed by atoms with Crippen molar-refractivity contribution in [2.75, 3.05) is 4.90 Å². The summed E-state index contributed by atoms with van der Waals surface area (Å²) in [6, 6.07) is 50.5. The molecule has 0 aliphatic carbocycles. The third kappa shape index (κ3) is 3.55. The molecule has 170 valence electrons. The molecule has 0 spiro atoms. The Balaban J connectivity index is 1.47. The number of hydrogen-bond donors (Lipinski definition) is 0. The summed E-state index contributed by atoms with van der Waals surface area (Å²) in [5.74, 6) is 0. The van der Waals surface area contributed by atoms with Gasteiger partial charge in [-0.1, -0.05) is 0 Å². The van der Waals surface area contributed by atoms with E-state index in [9.17, 15) is 0 Å². The van der Waals surface area contributed by atoms with Crippen LogP contribution in [-0.2, 0) is 0 Å². The standard InChI is InChI=1S/C34H23NSe/c1-3-11-24(12-4-1)28-16-9-10-18-32(28)35(26-14-5-2-6-15-26)27-20-22-30-31-21-19-25-13-7-8-17-29(25)34(31)36-33(30)23-27/h1-23H. The Morgan fingerprint density at radius 1 is 0.472 bits per heavy atom. The van der Waals surface area contributed by atoms with Gasteiger partial charge in [0, 0.05) is 0 Å². The van der Waals surface area contributed by atoms with Crippen LogP contribution in [0.4, 0.5) is 17.1 Å². The minimum absolute atomic E-state index is 0.267. The van der Waals surface area contributed by atoms with E-state index in [0.717, 1.165) is 5.69 Å². The summed E-state index contributed by atoms with van der Waals surface area (Å²) in [4.78, 5) is 2.40. The molecule has 7 rings (SSSR count). The van der Waals surface area contributed by atoms with Gasteiger partial charge in [-0.05, 0) is 0 Å². The zero-order valence-corrected chi connectivity index (χ0v) is 21.3. The van der Waals surface area contributed by atoms with Gasteiger partial charge in [-0.15, -0.1) is 0 Å². The molecule has 0 saturated carbocycles. The Hall–Kier alpha value is -4.10.